The number of nitrogens with one attached hydrogen (secondary N) is 1. The van der Waals surface area contributed by atoms with E-state index < -0.39 is 0 Å². The van der Waals surface area contributed by atoms with Crippen LogP contribution >= 0.6 is 11.6 Å². The number of halogens is 2. The van der Waals surface area contributed by atoms with Crippen LogP contribution in [0.2, 0.25) is 5.02 Å². The second kappa shape index (κ2) is 5.69. The molecule has 1 aliphatic rings. The predicted molar refractivity (Wildman–Crippen MR) is 70.3 cm³/mol. The Morgan fingerprint density at radius 3 is 3.06 bits per heavy atom. The fourth-order valence-electron chi connectivity index (χ4n) is 2.39. The molecule has 0 bridgehead atoms. The Morgan fingerprint density at radius 2 is 2.35 bits per heavy atom. The first kappa shape index (κ1) is 12.7. The minimum Gasteiger partial charge on any atom is -0.368 e. The molecule has 1 aromatic rings. The van der Waals surface area contributed by atoms with Crippen molar-refractivity contribution < 1.29 is 4.39 Å². The van der Waals surface area contributed by atoms with Crippen molar-refractivity contribution >= 4 is 17.3 Å². The SMILES string of the molecule is CCNC1CCCN(c2ccc(Cl)cc2F)C1. The van der Waals surface area contributed by atoms with Crippen LogP contribution in [0.4, 0.5) is 10.1 Å². The number of hydrogen-bond acceptors (Lipinski definition) is 2. The number of rotatable bonds is 3. The lowest BCUT2D eigenvalue weighted by Gasteiger charge is -2.35. The van der Waals surface area contributed by atoms with Crippen molar-refractivity contribution in [3.05, 3.63) is 29.0 Å². The fourth-order valence-corrected chi connectivity index (χ4v) is 2.55. The van der Waals surface area contributed by atoms with Gasteiger partial charge in [-0.05, 0) is 37.6 Å². The Hall–Kier alpha value is -0.800. The maximum absolute atomic E-state index is 13.8. The van der Waals surface area contributed by atoms with E-state index in [2.05, 4.69) is 17.1 Å². The molecule has 4 heteroatoms. The highest BCUT2D eigenvalue weighted by Crippen LogP contribution is 2.25. The van der Waals surface area contributed by atoms with Gasteiger partial charge in [-0.1, -0.05) is 18.5 Å². The number of hydrogen-bond donors (Lipinski definition) is 1. The van der Waals surface area contributed by atoms with Crippen molar-refractivity contribution in [1.29, 1.82) is 0 Å². The van der Waals surface area contributed by atoms with Gasteiger partial charge < -0.3 is 10.2 Å². The Morgan fingerprint density at radius 1 is 1.53 bits per heavy atom. The van der Waals surface area contributed by atoms with E-state index in [1.54, 1.807) is 12.1 Å². The van der Waals surface area contributed by atoms with Crippen LogP contribution < -0.4 is 10.2 Å². The maximum atomic E-state index is 13.8. The molecule has 0 radical (unpaired) electrons. The second-order valence-electron chi connectivity index (χ2n) is 4.44. The van der Waals surface area contributed by atoms with E-state index in [1.165, 1.54) is 12.5 Å². The van der Waals surface area contributed by atoms with Gasteiger partial charge in [0.15, 0.2) is 0 Å². The molecule has 0 aromatic heterocycles. The monoisotopic (exact) mass is 256 g/mol. The first-order chi connectivity index (χ1) is 8.20. The molecule has 1 saturated heterocycles. The van der Waals surface area contributed by atoms with Gasteiger partial charge in [0.05, 0.1) is 5.69 Å². The smallest absolute Gasteiger partial charge is 0.147 e. The standard InChI is InChI=1S/C13H18ClFN2/c1-2-16-11-4-3-7-17(9-11)13-6-5-10(14)8-12(13)15/h5-6,8,11,16H,2-4,7,9H2,1H3. The van der Waals surface area contributed by atoms with E-state index in [1.807, 2.05) is 0 Å². The predicted octanol–water partition coefficient (Wildman–Crippen LogP) is 3.06. The van der Waals surface area contributed by atoms with Gasteiger partial charge in [-0.3, -0.25) is 0 Å². The molecule has 94 valence electrons. The van der Waals surface area contributed by atoms with E-state index in [9.17, 15) is 4.39 Å². The van der Waals surface area contributed by atoms with Gasteiger partial charge in [0, 0.05) is 24.2 Å². The molecule has 0 saturated carbocycles. The van der Waals surface area contributed by atoms with Crippen molar-refractivity contribution in [3.63, 3.8) is 0 Å². The topological polar surface area (TPSA) is 15.3 Å². The zero-order chi connectivity index (χ0) is 12.3. The van der Waals surface area contributed by atoms with Crippen LogP contribution in [0.5, 0.6) is 0 Å². The summed E-state index contributed by atoms with van der Waals surface area (Å²) in [4.78, 5) is 2.10. The van der Waals surface area contributed by atoms with Crippen molar-refractivity contribution in [3.8, 4) is 0 Å². The van der Waals surface area contributed by atoms with E-state index >= 15 is 0 Å². The van der Waals surface area contributed by atoms with Crippen molar-refractivity contribution in [1.82, 2.24) is 5.32 Å². The van der Waals surface area contributed by atoms with E-state index in [0.717, 1.165) is 26.1 Å². The summed E-state index contributed by atoms with van der Waals surface area (Å²) in [7, 11) is 0. The molecule has 2 rings (SSSR count). The van der Waals surface area contributed by atoms with Crippen LogP contribution in [0.1, 0.15) is 19.8 Å². The van der Waals surface area contributed by atoms with Gasteiger partial charge in [-0.15, -0.1) is 0 Å². The fraction of sp³-hybridized carbons (Fsp3) is 0.538. The number of piperidine rings is 1. The third-order valence-electron chi connectivity index (χ3n) is 3.16. The quantitative estimate of drug-likeness (QED) is 0.894. The zero-order valence-electron chi connectivity index (χ0n) is 10.0. The van der Waals surface area contributed by atoms with Crippen LogP contribution in [-0.2, 0) is 0 Å². The van der Waals surface area contributed by atoms with Gasteiger partial charge in [-0.25, -0.2) is 4.39 Å². The molecule has 0 spiro atoms. The van der Waals surface area contributed by atoms with Gasteiger partial charge in [0.1, 0.15) is 5.82 Å². The molecule has 1 atom stereocenters. The molecule has 1 fully saturated rings. The summed E-state index contributed by atoms with van der Waals surface area (Å²) in [5.41, 5.74) is 0.664. The summed E-state index contributed by atoms with van der Waals surface area (Å²) in [6.45, 7) is 4.84. The molecular formula is C13H18ClFN2. The lowest BCUT2D eigenvalue weighted by Crippen LogP contribution is -2.46. The normalized spacial score (nSPS) is 20.6. The molecule has 2 nitrogen and oxygen atoms in total. The molecule has 17 heavy (non-hydrogen) atoms. The van der Waals surface area contributed by atoms with E-state index in [-0.39, 0.29) is 5.82 Å². The zero-order valence-corrected chi connectivity index (χ0v) is 10.8. The molecule has 1 aliphatic heterocycles. The Labute approximate surface area is 107 Å². The first-order valence-electron chi connectivity index (χ1n) is 6.14. The van der Waals surface area contributed by atoms with Gasteiger partial charge in [0.2, 0.25) is 0 Å². The van der Waals surface area contributed by atoms with Crippen molar-refractivity contribution in [2.45, 2.75) is 25.8 Å². The third kappa shape index (κ3) is 3.11. The van der Waals surface area contributed by atoms with Crippen LogP contribution in [0.15, 0.2) is 18.2 Å². The maximum Gasteiger partial charge on any atom is 0.147 e. The molecule has 1 heterocycles. The highest BCUT2D eigenvalue weighted by molar-refractivity contribution is 6.30. The van der Waals surface area contributed by atoms with Crippen molar-refractivity contribution in [2.75, 3.05) is 24.5 Å². The third-order valence-corrected chi connectivity index (χ3v) is 3.40. The van der Waals surface area contributed by atoms with Gasteiger partial charge >= 0.3 is 0 Å². The largest absolute Gasteiger partial charge is 0.368 e. The number of nitrogens with zero attached hydrogens (tertiary/aromatic N) is 1. The molecule has 1 N–H and O–H groups in total. The highest BCUT2D eigenvalue weighted by atomic mass is 35.5. The van der Waals surface area contributed by atoms with Crippen LogP contribution in [0, 0.1) is 5.82 Å². The van der Waals surface area contributed by atoms with Crippen molar-refractivity contribution in [2.24, 2.45) is 0 Å². The average molecular weight is 257 g/mol. The Kier molecular flexibility index (Phi) is 4.24. The molecule has 0 aliphatic carbocycles. The number of anilines is 1. The minimum atomic E-state index is -0.227. The number of likely N-dealkylation sites (N-methyl/N-ethyl adjacent to an activating group) is 1. The van der Waals surface area contributed by atoms with E-state index in [4.69, 9.17) is 11.6 Å². The summed E-state index contributed by atoms with van der Waals surface area (Å²) in [5.74, 6) is -0.227. The van der Waals surface area contributed by atoms with E-state index in [0.29, 0.717) is 16.8 Å². The summed E-state index contributed by atoms with van der Waals surface area (Å²) in [6.07, 6.45) is 2.26. The van der Waals surface area contributed by atoms with Crippen LogP contribution in [0.3, 0.4) is 0 Å². The first-order valence-corrected chi connectivity index (χ1v) is 6.52. The van der Waals surface area contributed by atoms with Gasteiger partial charge in [-0.2, -0.15) is 0 Å². The highest BCUT2D eigenvalue weighted by Gasteiger charge is 2.21. The summed E-state index contributed by atoms with van der Waals surface area (Å²) < 4.78 is 13.8. The van der Waals surface area contributed by atoms with Crippen LogP contribution in [0.25, 0.3) is 0 Å². The Bertz CT molecular complexity index is 382. The lowest BCUT2D eigenvalue weighted by molar-refractivity contribution is 0.428. The van der Waals surface area contributed by atoms with Gasteiger partial charge in [0.25, 0.3) is 0 Å². The molecule has 1 aromatic carbocycles. The number of benzene rings is 1. The minimum absolute atomic E-state index is 0.227. The molecule has 0 amide bonds. The summed E-state index contributed by atoms with van der Waals surface area (Å²) in [5, 5.41) is 3.88. The lowest BCUT2D eigenvalue weighted by atomic mass is 10.0. The summed E-state index contributed by atoms with van der Waals surface area (Å²) >= 11 is 5.76. The van der Waals surface area contributed by atoms with Crippen LogP contribution in [-0.4, -0.2) is 25.7 Å². The second-order valence-corrected chi connectivity index (χ2v) is 4.88. The summed E-state index contributed by atoms with van der Waals surface area (Å²) in [6, 6.07) is 5.36. The molecule has 1 unspecified atom stereocenters. The molecular weight excluding hydrogens is 239 g/mol. The average Bonchev–Trinajstić information content (AvgIpc) is 2.29. The Balaban J connectivity index is 2.10.